The van der Waals surface area contributed by atoms with Gasteiger partial charge in [0.25, 0.3) is 0 Å². The summed E-state index contributed by atoms with van der Waals surface area (Å²) < 4.78 is 3.69. The fourth-order valence-electron chi connectivity index (χ4n) is 2.06. The van der Waals surface area contributed by atoms with Crippen LogP contribution in [0.4, 0.5) is 5.69 Å². The summed E-state index contributed by atoms with van der Waals surface area (Å²) in [7, 11) is 0. The number of pyridine rings is 1. The van der Waals surface area contributed by atoms with Gasteiger partial charge in [-0.05, 0) is 38.3 Å². The maximum atomic E-state index is 11.6. The minimum atomic E-state index is -0.161. The highest BCUT2D eigenvalue weighted by Gasteiger charge is 2.06. The van der Waals surface area contributed by atoms with E-state index in [4.69, 9.17) is 5.73 Å². The van der Waals surface area contributed by atoms with E-state index in [0.29, 0.717) is 11.0 Å². The molecular formula is C14H11BrN2OS. The number of thiophene rings is 1. The van der Waals surface area contributed by atoms with Gasteiger partial charge in [-0.3, -0.25) is 4.79 Å². The Hall–Kier alpha value is -1.59. The van der Waals surface area contributed by atoms with Crippen LogP contribution in [0, 0.1) is 0 Å². The second-order valence-electron chi connectivity index (χ2n) is 4.32. The zero-order valence-corrected chi connectivity index (χ0v) is 12.4. The minimum absolute atomic E-state index is 0.161. The molecule has 0 bridgehead atoms. The number of nitrogens with zero attached hydrogens (tertiary/aromatic N) is 1. The van der Waals surface area contributed by atoms with Crippen molar-refractivity contribution in [3.63, 3.8) is 0 Å². The van der Waals surface area contributed by atoms with E-state index < -0.39 is 0 Å². The van der Waals surface area contributed by atoms with Gasteiger partial charge >= 0.3 is 0 Å². The minimum Gasteiger partial charge on any atom is -0.394 e. The normalized spacial score (nSPS) is 11.0. The largest absolute Gasteiger partial charge is 0.394 e. The van der Waals surface area contributed by atoms with E-state index in [9.17, 15) is 4.79 Å². The van der Waals surface area contributed by atoms with Gasteiger partial charge in [0, 0.05) is 23.6 Å². The number of fused-ring (bicyclic) bond motifs is 1. The first-order valence-corrected chi connectivity index (χ1v) is 7.42. The van der Waals surface area contributed by atoms with Gasteiger partial charge in [0.15, 0.2) is 0 Å². The summed E-state index contributed by atoms with van der Waals surface area (Å²) in [5.74, 6) is 0. The summed E-state index contributed by atoms with van der Waals surface area (Å²) in [6, 6.07) is 8.30. The van der Waals surface area contributed by atoms with Crippen molar-refractivity contribution in [1.29, 1.82) is 0 Å². The lowest BCUT2D eigenvalue weighted by Gasteiger charge is -2.07. The van der Waals surface area contributed by atoms with Crippen molar-refractivity contribution >= 4 is 43.0 Å². The Bertz CT molecular complexity index is 780. The van der Waals surface area contributed by atoms with E-state index >= 15 is 0 Å². The number of anilines is 1. The summed E-state index contributed by atoms with van der Waals surface area (Å²) in [5.41, 5.74) is 7.03. The number of rotatable bonds is 2. The standard InChI is InChI=1S/C14H11BrN2OS/c15-11-6-17(7-12(16)14(11)18)5-9-8-19-13-4-2-1-3-10(9)13/h1-4,6-8H,5,16H2. The van der Waals surface area contributed by atoms with Gasteiger partial charge in [-0.2, -0.15) is 0 Å². The average Bonchev–Trinajstić information content (AvgIpc) is 2.79. The molecule has 0 fully saturated rings. The van der Waals surface area contributed by atoms with Crippen molar-refractivity contribution in [2.45, 2.75) is 6.54 Å². The van der Waals surface area contributed by atoms with E-state index in [2.05, 4.69) is 33.4 Å². The molecule has 0 aliphatic rings. The third kappa shape index (κ3) is 2.31. The fraction of sp³-hybridized carbons (Fsp3) is 0.0714. The number of halogens is 1. The summed E-state index contributed by atoms with van der Waals surface area (Å²) in [5, 5.41) is 3.40. The van der Waals surface area contributed by atoms with Crippen molar-refractivity contribution < 1.29 is 0 Å². The van der Waals surface area contributed by atoms with Crippen LogP contribution in [0.15, 0.2) is 51.3 Å². The van der Waals surface area contributed by atoms with E-state index in [1.165, 1.54) is 15.6 Å². The summed E-state index contributed by atoms with van der Waals surface area (Å²) >= 11 is 4.97. The molecule has 0 atom stereocenters. The molecule has 96 valence electrons. The lowest BCUT2D eigenvalue weighted by Crippen LogP contribution is -2.13. The SMILES string of the molecule is Nc1cn(Cc2csc3ccccc23)cc(Br)c1=O. The van der Waals surface area contributed by atoms with E-state index in [0.717, 1.165) is 0 Å². The van der Waals surface area contributed by atoms with Gasteiger partial charge in [0.2, 0.25) is 5.43 Å². The first-order chi connectivity index (χ1) is 9.15. The number of hydrogen-bond acceptors (Lipinski definition) is 3. The number of nitrogen functional groups attached to an aromatic ring is 1. The molecule has 3 rings (SSSR count). The first kappa shape index (κ1) is 12.4. The lowest BCUT2D eigenvalue weighted by molar-refractivity contribution is 0.794. The number of benzene rings is 1. The van der Waals surface area contributed by atoms with Crippen LogP contribution in [0.5, 0.6) is 0 Å². The molecule has 2 heterocycles. The van der Waals surface area contributed by atoms with E-state index in [1.54, 1.807) is 23.7 Å². The Balaban J connectivity index is 2.04. The zero-order valence-electron chi connectivity index (χ0n) is 9.97. The fourth-order valence-corrected chi connectivity index (χ4v) is 3.51. The smallest absolute Gasteiger partial charge is 0.218 e. The van der Waals surface area contributed by atoms with Crippen LogP contribution >= 0.6 is 27.3 Å². The van der Waals surface area contributed by atoms with Crippen molar-refractivity contribution in [2.75, 3.05) is 5.73 Å². The van der Waals surface area contributed by atoms with Gasteiger partial charge in [0.05, 0.1) is 10.2 Å². The van der Waals surface area contributed by atoms with Crippen LogP contribution < -0.4 is 11.2 Å². The maximum Gasteiger partial charge on any atom is 0.218 e. The van der Waals surface area contributed by atoms with Gasteiger partial charge in [-0.25, -0.2) is 0 Å². The molecule has 0 aliphatic carbocycles. The van der Waals surface area contributed by atoms with E-state index in [-0.39, 0.29) is 11.1 Å². The van der Waals surface area contributed by atoms with Crippen LogP contribution in [0.25, 0.3) is 10.1 Å². The number of hydrogen-bond donors (Lipinski definition) is 1. The molecule has 0 saturated carbocycles. The Kier molecular flexibility index (Phi) is 3.16. The third-order valence-electron chi connectivity index (χ3n) is 2.98. The van der Waals surface area contributed by atoms with Gasteiger partial charge in [0.1, 0.15) is 0 Å². The quantitative estimate of drug-likeness (QED) is 0.780. The van der Waals surface area contributed by atoms with Gasteiger partial charge in [-0.15, -0.1) is 11.3 Å². The summed E-state index contributed by atoms with van der Waals surface area (Å²) in [6.07, 6.45) is 3.45. The van der Waals surface area contributed by atoms with Crippen LogP contribution in [-0.4, -0.2) is 4.57 Å². The van der Waals surface area contributed by atoms with Crippen LogP contribution in [-0.2, 0) is 6.54 Å². The molecule has 0 saturated heterocycles. The Morgan fingerprint density at radius 2 is 2.05 bits per heavy atom. The zero-order chi connectivity index (χ0) is 13.4. The van der Waals surface area contributed by atoms with Crippen molar-refractivity contribution in [3.8, 4) is 0 Å². The second kappa shape index (κ2) is 4.83. The number of aromatic nitrogens is 1. The Morgan fingerprint density at radius 3 is 2.84 bits per heavy atom. The topological polar surface area (TPSA) is 48.0 Å². The maximum absolute atomic E-state index is 11.6. The molecule has 19 heavy (non-hydrogen) atoms. The molecule has 2 N–H and O–H groups in total. The predicted octanol–water partition coefficient (Wildman–Crippen LogP) is 3.46. The molecule has 5 heteroatoms. The lowest BCUT2D eigenvalue weighted by atomic mass is 10.2. The molecule has 0 aliphatic heterocycles. The van der Waals surface area contributed by atoms with Crippen molar-refractivity contribution in [1.82, 2.24) is 4.57 Å². The monoisotopic (exact) mass is 334 g/mol. The average molecular weight is 335 g/mol. The van der Waals surface area contributed by atoms with Crippen molar-refractivity contribution in [2.24, 2.45) is 0 Å². The molecule has 3 aromatic rings. The van der Waals surface area contributed by atoms with Gasteiger partial charge < -0.3 is 10.3 Å². The highest BCUT2D eigenvalue weighted by atomic mass is 79.9. The van der Waals surface area contributed by atoms with Gasteiger partial charge in [-0.1, -0.05) is 18.2 Å². The number of nitrogens with two attached hydrogens (primary N) is 1. The van der Waals surface area contributed by atoms with Crippen LogP contribution in [0.2, 0.25) is 0 Å². The second-order valence-corrected chi connectivity index (χ2v) is 6.09. The summed E-state index contributed by atoms with van der Waals surface area (Å²) in [4.78, 5) is 11.6. The molecule has 0 spiro atoms. The predicted molar refractivity (Wildman–Crippen MR) is 83.7 cm³/mol. The Morgan fingerprint density at radius 1 is 1.26 bits per heavy atom. The molecule has 2 aromatic heterocycles. The molecule has 3 nitrogen and oxygen atoms in total. The first-order valence-electron chi connectivity index (χ1n) is 5.75. The molecular weight excluding hydrogens is 324 g/mol. The molecule has 0 unspecified atom stereocenters. The molecule has 1 aromatic carbocycles. The third-order valence-corrected chi connectivity index (χ3v) is 4.55. The van der Waals surface area contributed by atoms with Crippen LogP contribution in [0.3, 0.4) is 0 Å². The Labute approximate surface area is 122 Å². The summed E-state index contributed by atoms with van der Waals surface area (Å²) in [6.45, 7) is 0.701. The van der Waals surface area contributed by atoms with Crippen LogP contribution in [0.1, 0.15) is 5.56 Å². The van der Waals surface area contributed by atoms with Crippen molar-refractivity contribution in [3.05, 3.63) is 62.3 Å². The highest BCUT2D eigenvalue weighted by molar-refractivity contribution is 9.10. The molecule has 0 amide bonds. The van der Waals surface area contributed by atoms with E-state index in [1.807, 2.05) is 16.7 Å². The highest BCUT2D eigenvalue weighted by Crippen LogP contribution is 2.26. The molecule has 0 radical (unpaired) electrons.